The molecule has 0 saturated carbocycles. The number of nitrogens with two attached hydrogens (primary N) is 1. The maximum Gasteiger partial charge on any atom is 0.240 e. The molecule has 0 spiro atoms. The highest BCUT2D eigenvalue weighted by atomic mass is 32.2. The number of pyridine rings is 1. The largest absolute Gasteiger partial charge is 0.398 e. The predicted molar refractivity (Wildman–Crippen MR) is 83.4 cm³/mol. The fraction of sp³-hybridized carbons (Fsp3) is 0.267. The van der Waals surface area contributed by atoms with Crippen molar-refractivity contribution in [3.8, 4) is 0 Å². The molecule has 0 aliphatic rings. The molecule has 6 heteroatoms. The lowest BCUT2D eigenvalue weighted by Crippen LogP contribution is -2.26. The van der Waals surface area contributed by atoms with Gasteiger partial charge < -0.3 is 5.73 Å². The number of benzene rings is 1. The van der Waals surface area contributed by atoms with E-state index in [-0.39, 0.29) is 4.90 Å². The zero-order chi connectivity index (χ0) is 15.3. The van der Waals surface area contributed by atoms with Gasteiger partial charge in [-0.1, -0.05) is 19.1 Å². The van der Waals surface area contributed by atoms with Crippen LogP contribution in [0.4, 0.5) is 5.69 Å². The van der Waals surface area contributed by atoms with Gasteiger partial charge in [-0.15, -0.1) is 0 Å². The van der Waals surface area contributed by atoms with E-state index in [1.54, 1.807) is 18.3 Å². The minimum atomic E-state index is -3.54. The molecule has 0 radical (unpaired) electrons. The second-order valence-electron chi connectivity index (χ2n) is 4.68. The average Bonchev–Trinajstić information content (AvgIpc) is 2.48. The van der Waals surface area contributed by atoms with Gasteiger partial charge in [0.05, 0.1) is 4.90 Å². The maximum absolute atomic E-state index is 12.2. The minimum absolute atomic E-state index is 0.193. The van der Waals surface area contributed by atoms with E-state index < -0.39 is 10.0 Å². The molecular formula is C15H19N3O2S. The fourth-order valence-electron chi connectivity index (χ4n) is 2.00. The zero-order valence-electron chi connectivity index (χ0n) is 11.9. The highest BCUT2D eigenvalue weighted by molar-refractivity contribution is 7.89. The van der Waals surface area contributed by atoms with Crippen LogP contribution in [0.15, 0.2) is 47.5 Å². The first-order valence-corrected chi connectivity index (χ1v) is 8.29. The van der Waals surface area contributed by atoms with Crippen LogP contribution in [0.25, 0.3) is 0 Å². The zero-order valence-corrected chi connectivity index (χ0v) is 12.7. The van der Waals surface area contributed by atoms with Crippen LogP contribution in [0.3, 0.4) is 0 Å². The van der Waals surface area contributed by atoms with Gasteiger partial charge in [-0.3, -0.25) is 4.98 Å². The molecular weight excluding hydrogens is 286 g/mol. The van der Waals surface area contributed by atoms with Gasteiger partial charge in [0.25, 0.3) is 0 Å². The molecule has 5 nitrogen and oxygen atoms in total. The van der Waals surface area contributed by atoms with E-state index in [0.29, 0.717) is 18.7 Å². The molecule has 3 N–H and O–H groups in total. The number of sulfonamides is 1. The highest BCUT2D eigenvalue weighted by Crippen LogP contribution is 2.18. The summed E-state index contributed by atoms with van der Waals surface area (Å²) in [5, 5.41) is 0. The second-order valence-corrected chi connectivity index (χ2v) is 6.45. The molecule has 0 aliphatic heterocycles. The lowest BCUT2D eigenvalue weighted by Gasteiger charge is -2.09. The Morgan fingerprint density at radius 3 is 2.67 bits per heavy atom. The van der Waals surface area contributed by atoms with Crippen molar-refractivity contribution in [2.45, 2.75) is 24.7 Å². The summed E-state index contributed by atoms with van der Waals surface area (Å²) in [5.74, 6) is 0. The van der Waals surface area contributed by atoms with Crippen LogP contribution in [0, 0.1) is 0 Å². The molecule has 2 rings (SSSR count). The van der Waals surface area contributed by atoms with Crippen LogP contribution in [0.5, 0.6) is 0 Å². The van der Waals surface area contributed by atoms with E-state index in [4.69, 9.17) is 5.73 Å². The molecule has 0 aliphatic carbocycles. The molecule has 0 atom stereocenters. The summed E-state index contributed by atoms with van der Waals surface area (Å²) >= 11 is 0. The lowest BCUT2D eigenvalue weighted by atomic mass is 10.1. The van der Waals surface area contributed by atoms with Gasteiger partial charge in [0, 0.05) is 30.5 Å². The van der Waals surface area contributed by atoms with Gasteiger partial charge in [-0.2, -0.15) is 0 Å². The molecule has 1 aromatic heterocycles. The van der Waals surface area contributed by atoms with E-state index in [0.717, 1.165) is 17.7 Å². The Labute approximate surface area is 125 Å². The van der Waals surface area contributed by atoms with Crippen molar-refractivity contribution in [3.63, 3.8) is 0 Å². The van der Waals surface area contributed by atoms with Crippen LogP contribution in [0.2, 0.25) is 0 Å². The van der Waals surface area contributed by atoms with Crippen molar-refractivity contribution in [1.82, 2.24) is 9.71 Å². The van der Waals surface area contributed by atoms with E-state index in [9.17, 15) is 8.42 Å². The van der Waals surface area contributed by atoms with Crippen molar-refractivity contribution in [1.29, 1.82) is 0 Å². The third-order valence-corrected chi connectivity index (χ3v) is 4.67. The molecule has 0 saturated heterocycles. The quantitative estimate of drug-likeness (QED) is 0.796. The van der Waals surface area contributed by atoms with Gasteiger partial charge in [0.2, 0.25) is 10.0 Å². The van der Waals surface area contributed by atoms with E-state index >= 15 is 0 Å². The monoisotopic (exact) mass is 305 g/mol. The number of aromatic nitrogens is 1. The summed E-state index contributed by atoms with van der Waals surface area (Å²) < 4.78 is 26.9. The lowest BCUT2D eigenvalue weighted by molar-refractivity contribution is 0.581. The number of nitrogen functional groups attached to an aromatic ring is 1. The fourth-order valence-corrected chi connectivity index (χ4v) is 3.07. The number of hydrogen-bond acceptors (Lipinski definition) is 4. The third-order valence-electron chi connectivity index (χ3n) is 3.21. The van der Waals surface area contributed by atoms with Crippen LogP contribution in [-0.2, 0) is 22.9 Å². The standard InChI is InChI=1S/C15H19N3O2S/c1-2-12-6-7-14(11-15(12)16)21(19,20)18-10-8-13-5-3-4-9-17-13/h3-7,9,11,18H,2,8,10,16H2,1H3. The van der Waals surface area contributed by atoms with Gasteiger partial charge in [0.1, 0.15) is 0 Å². The smallest absolute Gasteiger partial charge is 0.240 e. The van der Waals surface area contributed by atoms with Gasteiger partial charge in [0.15, 0.2) is 0 Å². The first kappa shape index (κ1) is 15.5. The predicted octanol–water partition coefficient (Wildman–Crippen LogP) is 1.75. The van der Waals surface area contributed by atoms with Crippen LogP contribution >= 0.6 is 0 Å². The SMILES string of the molecule is CCc1ccc(S(=O)(=O)NCCc2ccccn2)cc1N. The second kappa shape index (κ2) is 6.69. The van der Waals surface area contributed by atoms with Crippen LogP contribution < -0.4 is 10.5 Å². The van der Waals surface area contributed by atoms with Crippen LogP contribution in [0.1, 0.15) is 18.2 Å². The Morgan fingerprint density at radius 1 is 1.24 bits per heavy atom. The first-order valence-electron chi connectivity index (χ1n) is 6.81. The van der Waals surface area contributed by atoms with Crippen molar-refractivity contribution >= 4 is 15.7 Å². The van der Waals surface area contributed by atoms with E-state index in [1.807, 2.05) is 25.1 Å². The van der Waals surface area contributed by atoms with Gasteiger partial charge >= 0.3 is 0 Å². The third kappa shape index (κ3) is 4.03. The van der Waals surface area contributed by atoms with E-state index in [1.165, 1.54) is 6.07 Å². The molecule has 112 valence electrons. The highest BCUT2D eigenvalue weighted by Gasteiger charge is 2.14. The van der Waals surface area contributed by atoms with Crippen LogP contribution in [-0.4, -0.2) is 19.9 Å². The van der Waals surface area contributed by atoms with Crippen molar-refractivity contribution in [2.24, 2.45) is 0 Å². The molecule has 0 unspecified atom stereocenters. The number of nitrogens with zero attached hydrogens (tertiary/aromatic N) is 1. The summed E-state index contributed by atoms with van der Waals surface area (Å²) in [7, 11) is -3.54. The van der Waals surface area contributed by atoms with Crippen molar-refractivity contribution in [2.75, 3.05) is 12.3 Å². The molecule has 1 aromatic carbocycles. The van der Waals surface area contributed by atoms with Crippen molar-refractivity contribution in [3.05, 3.63) is 53.9 Å². The molecule has 0 amide bonds. The Balaban J connectivity index is 2.03. The first-order chi connectivity index (χ1) is 10.0. The maximum atomic E-state index is 12.2. The summed E-state index contributed by atoms with van der Waals surface area (Å²) in [6.45, 7) is 2.28. The Morgan fingerprint density at radius 2 is 2.05 bits per heavy atom. The molecule has 0 fully saturated rings. The summed E-state index contributed by atoms with van der Waals surface area (Å²) in [4.78, 5) is 4.35. The van der Waals surface area contributed by atoms with E-state index in [2.05, 4.69) is 9.71 Å². The summed E-state index contributed by atoms with van der Waals surface area (Å²) in [6, 6.07) is 10.4. The Bertz CT molecular complexity index is 700. The number of aryl methyl sites for hydroxylation is 1. The normalized spacial score (nSPS) is 11.5. The average molecular weight is 305 g/mol. The number of anilines is 1. The number of nitrogens with one attached hydrogen (secondary N) is 1. The van der Waals surface area contributed by atoms with Gasteiger partial charge in [-0.25, -0.2) is 13.1 Å². The topological polar surface area (TPSA) is 85.1 Å². The number of hydrogen-bond donors (Lipinski definition) is 2. The summed E-state index contributed by atoms with van der Waals surface area (Å²) in [6.07, 6.45) is 3.01. The Hall–Kier alpha value is -1.92. The summed E-state index contributed by atoms with van der Waals surface area (Å²) in [5.41, 5.74) is 8.15. The molecule has 0 bridgehead atoms. The molecule has 1 heterocycles. The van der Waals surface area contributed by atoms with Gasteiger partial charge in [-0.05, 0) is 36.2 Å². The minimum Gasteiger partial charge on any atom is -0.398 e. The molecule has 21 heavy (non-hydrogen) atoms. The number of rotatable bonds is 6. The van der Waals surface area contributed by atoms with Crippen molar-refractivity contribution < 1.29 is 8.42 Å². The molecule has 2 aromatic rings. The Kier molecular flexibility index (Phi) is 4.93.